The summed E-state index contributed by atoms with van der Waals surface area (Å²) < 4.78 is 28.1. The summed E-state index contributed by atoms with van der Waals surface area (Å²) >= 11 is 2.74. The SMILES string of the molecule is CSCc1nnc(SC(C)C(=O)NC2CCS(=O)(=O)C2)o1. The van der Waals surface area contributed by atoms with Crippen molar-refractivity contribution in [3.63, 3.8) is 0 Å². The van der Waals surface area contributed by atoms with E-state index in [9.17, 15) is 13.2 Å². The second-order valence-corrected chi connectivity index (χ2v) is 9.15. The van der Waals surface area contributed by atoms with Gasteiger partial charge in [-0.15, -0.1) is 10.2 Å². The first kappa shape index (κ1) is 16.6. The highest BCUT2D eigenvalue weighted by molar-refractivity contribution is 8.00. The van der Waals surface area contributed by atoms with Crippen molar-refractivity contribution < 1.29 is 17.6 Å². The number of hydrogen-bond donors (Lipinski definition) is 1. The number of carbonyl (C=O) groups excluding carboxylic acids is 1. The van der Waals surface area contributed by atoms with Gasteiger partial charge >= 0.3 is 0 Å². The Kier molecular flexibility index (Phi) is 5.55. The van der Waals surface area contributed by atoms with Crippen molar-refractivity contribution in [2.45, 2.75) is 35.6 Å². The zero-order chi connectivity index (χ0) is 15.5. The Morgan fingerprint density at radius 2 is 2.29 bits per heavy atom. The summed E-state index contributed by atoms with van der Waals surface area (Å²) in [5.74, 6) is 1.11. The van der Waals surface area contributed by atoms with E-state index in [1.165, 1.54) is 11.8 Å². The molecule has 1 saturated heterocycles. The summed E-state index contributed by atoms with van der Waals surface area (Å²) in [6.07, 6.45) is 2.41. The van der Waals surface area contributed by atoms with Gasteiger partial charge in [-0.05, 0) is 19.6 Å². The van der Waals surface area contributed by atoms with Gasteiger partial charge in [0.05, 0.1) is 22.5 Å². The van der Waals surface area contributed by atoms with E-state index in [0.29, 0.717) is 23.3 Å². The lowest BCUT2D eigenvalue weighted by Crippen LogP contribution is -2.39. The molecule has 1 amide bonds. The zero-order valence-corrected chi connectivity index (χ0v) is 14.2. The first-order valence-corrected chi connectivity index (χ1v) is 10.5. The summed E-state index contributed by atoms with van der Waals surface area (Å²) in [5.41, 5.74) is 0. The van der Waals surface area contributed by atoms with Gasteiger partial charge in [-0.1, -0.05) is 11.8 Å². The van der Waals surface area contributed by atoms with Crippen LogP contribution in [0, 0.1) is 0 Å². The molecule has 2 rings (SSSR count). The van der Waals surface area contributed by atoms with Gasteiger partial charge in [0.15, 0.2) is 9.84 Å². The predicted octanol–water partition coefficient (Wildman–Crippen LogP) is 0.717. The summed E-state index contributed by atoms with van der Waals surface area (Å²) in [5, 5.41) is 10.4. The molecule has 0 saturated carbocycles. The van der Waals surface area contributed by atoms with Gasteiger partial charge < -0.3 is 9.73 Å². The van der Waals surface area contributed by atoms with E-state index in [2.05, 4.69) is 15.5 Å². The van der Waals surface area contributed by atoms with Crippen molar-refractivity contribution >= 4 is 39.3 Å². The highest BCUT2D eigenvalue weighted by Crippen LogP contribution is 2.23. The topological polar surface area (TPSA) is 102 Å². The lowest BCUT2D eigenvalue weighted by atomic mass is 10.2. The fourth-order valence-corrected chi connectivity index (χ4v) is 4.65. The minimum absolute atomic E-state index is 0.0224. The second-order valence-electron chi connectivity index (χ2n) is 4.76. The molecular formula is C11H17N3O4S3. The van der Waals surface area contributed by atoms with E-state index in [1.807, 2.05) is 6.26 Å². The van der Waals surface area contributed by atoms with Gasteiger partial charge in [0.1, 0.15) is 0 Å². The molecule has 2 atom stereocenters. The van der Waals surface area contributed by atoms with Crippen molar-refractivity contribution in [3.05, 3.63) is 5.89 Å². The van der Waals surface area contributed by atoms with Crippen LogP contribution >= 0.6 is 23.5 Å². The number of amides is 1. The van der Waals surface area contributed by atoms with Crippen LogP contribution in [0.25, 0.3) is 0 Å². The molecule has 7 nitrogen and oxygen atoms in total. The summed E-state index contributed by atoms with van der Waals surface area (Å²) in [6, 6.07) is -0.291. The van der Waals surface area contributed by atoms with E-state index in [4.69, 9.17) is 4.42 Å². The predicted molar refractivity (Wildman–Crippen MR) is 82.0 cm³/mol. The molecule has 0 aliphatic carbocycles. The fourth-order valence-electron chi connectivity index (χ4n) is 1.90. The lowest BCUT2D eigenvalue weighted by molar-refractivity contribution is -0.120. The lowest BCUT2D eigenvalue weighted by Gasteiger charge is -2.14. The molecule has 118 valence electrons. The highest BCUT2D eigenvalue weighted by atomic mass is 32.2. The molecular weight excluding hydrogens is 334 g/mol. The molecule has 21 heavy (non-hydrogen) atoms. The Hall–Kier alpha value is -0.740. The third kappa shape index (κ3) is 4.89. The average Bonchev–Trinajstić information content (AvgIpc) is 2.96. The molecule has 2 unspecified atom stereocenters. The van der Waals surface area contributed by atoms with Crippen molar-refractivity contribution in [1.29, 1.82) is 0 Å². The van der Waals surface area contributed by atoms with Crippen LogP contribution in [-0.2, 0) is 20.4 Å². The smallest absolute Gasteiger partial charge is 0.277 e. The highest BCUT2D eigenvalue weighted by Gasteiger charge is 2.30. The number of nitrogens with zero attached hydrogens (tertiary/aromatic N) is 2. The molecule has 10 heteroatoms. The van der Waals surface area contributed by atoms with Gasteiger partial charge in [-0.2, -0.15) is 11.8 Å². The Morgan fingerprint density at radius 1 is 1.52 bits per heavy atom. The van der Waals surface area contributed by atoms with Crippen molar-refractivity contribution in [2.24, 2.45) is 0 Å². The number of thioether (sulfide) groups is 2. The number of nitrogens with one attached hydrogen (secondary N) is 1. The van der Waals surface area contributed by atoms with Crippen molar-refractivity contribution in [1.82, 2.24) is 15.5 Å². The first-order chi connectivity index (χ1) is 9.89. The Morgan fingerprint density at radius 3 is 2.90 bits per heavy atom. The summed E-state index contributed by atoms with van der Waals surface area (Å²) in [6.45, 7) is 1.72. The summed E-state index contributed by atoms with van der Waals surface area (Å²) in [7, 11) is -2.99. The van der Waals surface area contributed by atoms with Crippen molar-refractivity contribution in [3.8, 4) is 0 Å². The van der Waals surface area contributed by atoms with Crippen molar-refractivity contribution in [2.75, 3.05) is 17.8 Å². The van der Waals surface area contributed by atoms with E-state index in [1.54, 1.807) is 18.7 Å². The average molecular weight is 351 g/mol. The minimum atomic E-state index is -2.99. The maximum atomic E-state index is 12.0. The van der Waals surface area contributed by atoms with Gasteiger partial charge in [0.25, 0.3) is 5.22 Å². The molecule has 1 aliphatic rings. The van der Waals surface area contributed by atoms with Gasteiger partial charge in [0, 0.05) is 6.04 Å². The molecule has 1 aromatic heterocycles. The van der Waals surface area contributed by atoms with E-state index >= 15 is 0 Å². The molecule has 0 radical (unpaired) electrons. The number of rotatable bonds is 6. The molecule has 2 heterocycles. The first-order valence-electron chi connectivity index (χ1n) is 6.38. The van der Waals surface area contributed by atoms with E-state index in [0.717, 1.165) is 0 Å². The maximum Gasteiger partial charge on any atom is 0.277 e. The number of aromatic nitrogens is 2. The van der Waals surface area contributed by atoms with Crippen LogP contribution in [-0.4, -0.2) is 53.6 Å². The van der Waals surface area contributed by atoms with E-state index in [-0.39, 0.29) is 23.5 Å². The molecule has 1 fully saturated rings. The van der Waals surface area contributed by atoms with Crippen LogP contribution in [0.2, 0.25) is 0 Å². The monoisotopic (exact) mass is 351 g/mol. The van der Waals surface area contributed by atoms with Crippen LogP contribution in [0.15, 0.2) is 9.64 Å². The largest absolute Gasteiger partial charge is 0.415 e. The minimum Gasteiger partial charge on any atom is -0.415 e. The van der Waals surface area contributed by atoms with Crippen LogP contribution in [0.4, 0.5) is 0 Å². The van der Waals surface area contributed by atoms with Crippen LogP contribution in [0.1, 0.15) is 19.2 Å². The molecule has 1 N–H and O–H groups in total. The Labute approximate surface area is 131 Å². The molecule has 0 aromatic carbocycles. The van der Waals surface area contributed by atoms with E-state index < -0.39 is 15.1 Å². The zero-order valence-electron chi connectivity index (χ0n) is 11.7. The Bertz CT molecular complexity index is 602. The quantitative estimate of drug-likeness (QED) is 0.748. The standard InChI is InChI=1S/C11H17N3O4S3/c1-7(20-11-14-13-9(18-11)5-19-2)10(15)12-8-3-4-21(16,17)6-8/h7-8H,3-6H2,1-2H3,(H,12,15). The molecule has 1 aromatic rings. The molecule has 0 spiro atoms. The normalized spacial score (nSPS) is 22.1. The maximum absolute atomic E-state index is 12.0. The number of carbonyl (C=O) groups is 1. The van der Waals surface area contributed by atoms with Gasteiger partial charge in [0.2, 0.25) is 11.8 Å². The second kappa shape index (κ2) is 7.01. The fraction of sp³-hybridized carbons (Fsp3) is 0.727. The molecule has 0 bridgehead atoms. The van der Waals surface area contributed by atoms with Crippen LogP contribution in [0.5, 0.6) is 0 Å². The Balaban J connectivity index is 1.84. The molecule has 1 aliphatic heterocycles. The van der Waals surface area contributed by atoms with Crippen LogP contribution in [0.3, 0.4) is 0 Å². The number of sulfone groups is 1. The van der Waals surface area contributed by atoms with Crippen LogP contribution < -0.4 is 5.32 Å². The number of hydrogen-bond acceptors (Lipinski definition) is 8. The third-order valence-electron chi connectivity index (χ3n) is 2.94. The summed E-state index contributed by atoms with van der Waals surface area (Å²) in [4.78, 5) is 12.0. The van der Waals surface area contributed by atoms with Gasteiger partial charge in [-0.3, -0.25) is 4.79 Å². The van der Waals surface area contributed by atoms with Gasteiger partial charge in [-0.25, -0.2) is 8.42 Å². The third-order valence-corrected chi connectivity index (χ3v) is 6.18.